The number of H-pyrrole nitrogens is 1. The molecule has 1 heterocycles. The van der Waals surface area contributed by atoms with Gasteiger partial charge in [-0.3, -0.25) is 9.89 Å². The van der Waals surface area contributed by atoms with E-state index in [0.29, 0.717) is 12.2 Å². The van der Waals surface area contributed by atoms with Crippen LogP contribution < -0.4 is 10.5 Å². The minimum atomic E-state index is -3.66. The molecular formula is C17H22N4O3S. The summed E-state index contributed by atoms with van der Waals surface area (Å²) >= 11 is 0. The molecule has 0 atom stereocenters. The summed E-state index contributed by atoms with van der Waals surface area (Å²) in [6, 6.07) is 6.48. The molecule has 4 N–H and O–H groups in total. The number of carbonyl (C=O) groups is 1. The predicted molar refractivity (Wildman–Crippen MR) is 93.7 cm³/mol. The number of hydrogen-bond acceptors (Lipinski definition) is 4. The molecule has 7 nitrogen and oxygen atoms in total. The molecule has 0 bridgehead atoms. The summed E-state index contributed by atoms with van der Waals surface area (Å²) in [5, 5.41) is 15.1. The van der Waals surface area contributed by atoms with Gasteiger partial charge in [0.2, 0.25) is 10.0 Å². The van der Waals surface area contributed by atoms with Crippen molar-refractivity contribution >= 4 is 15.9 Å². The van der Waals surface area contributed by atoms with Gasteiger partial charge in [-0.1, -0.05) is 12.1 Å². The van der Waals surface area contributed by atoms with Gasteiger partial charge in [0.25, 0.3) is 5.91 Å². The minimum Gasteiger partial charge on any atom is -0.351 e. The molecule has 1 aromatic carbocycles. The average Bonchev–Trinajstić information content (AvgIpc) is 3.02. The van der Waals surface area contributed by atoms with Crippen molar-refractivity contribution in [2.24, 2.45) is 5.14 Å². The van der Waals surface area contributed by atoms with Gasteiger partial charge in [-0.25, -0.2) is 13.6 Å². The van der Waals surface area contributed by atoms with Crippen molar-refractivity contribution in [1.29, 1.82) is 0 Å². The van der Waals surface area contributed by atoms with Crippen molar-refractivity contribution in [3.8, 4) is 0 Å². The van der Waals surface area contributed by atoms with Crippen molar-refractivity contribution in [2.45, 2.75) is 43.4 Å². The number of fused-ring (bicyclic) bond motifs is 1. The standard InChI is InChI=1S/C17H22N4O3S/c18-25(23,24)13-9-7-12(8-10-13)4-3-11-19-17(22)16-14-5-1-2-6-15(14)20-21-16/h7-10H,1-6,11H2,(H,19,22)(H,20,21)(H2,18,23,24). The monoisotopic (exact) mass is 362 g/mol. The van der Waals surface area contributed by atoms with Gasteiger partial charge in [0, 0.05) is 17.8 Å². The molecule has 0 saturated carbocycles. The Morgan fingerprint density at radius 1 is 1.20 bits per heavy atom. The van der Waals surface area contributed by atoms with E-state index in [0.717, 1.165) is 55.3 Å². The summed E-state index contributed by atoms with van der Waals surface area (Å²) in [5.41, 5.74) is 3.67. The molecule has 1 aromatic heterocycles. The van der Waals surface area contributed by atoms with Crippen molar-refractivity contribution in [1.82, 2.24) is 15.5 Å². The van der Waals surface area contributed by atoms with Gasteiger partial charge in [0.15, 0.2) is 5.69 Å². The van der Waals surface area contributed by atoms with Crippen LogP contribution in [0.25, 0.3) is 0 Å². The first-order valence-corrected chi connectivity index (χ1v) is 9.96. The Bertz CT molecular complexity index is 857. The summed E-state index contributed by atoms with van der Waals surface area (Å²) in [6.07, 6.45) is 5.61. The van der Waals surface area contributed by atoms with Gasteiger partial charge in [0.1, 0.15) is 0 Å². The molecule has 0 saturated heterocycles. The number of sulfonamides is 1. The molecule has 134 valence electrons. The van der Waals surface area contributed by atoms with E-state index >= 15 is 0 Å². The number of benzene rings is 1. The molecular weight excluding hydrogens is 340 g/mol. The number of amides is 1. The molecule has 0 radical (unpaired) electrons. The van der Waals surface area contributed by atoms with Gasteiger partial charge < -0.3 is 5.32 Å². The van der Waals surface area contributed by atoms with E-state index in [9.17, 15) is 13.2 Å². The van der Waals surface area contributed by atoms with Crippen LogP contribution in [0.15, 0.2) is 29.2 Å². The van der Waals surface area contributed by atoms with Crippen LogP contribution in [-0.2, 0) is 29.3 Å². The zero-order valence-electron chi connectivity index (χ0n) is 13.9. The largest absolute Gasteiger partial charge is 0.351 e. The fraction of sp³-hybridized carbons (Fsp3) is 0.412. The Balaban J connectivity index is 1.48. The van der Waals surface area contributed by atoms with E-state index in [4.69, 9.17) is 5.14 Å². The van der Waals surface area contributed by atoms with Gasteiger partial charge >= 0.3 is 0 Å². The Hall–Kier alpha value is -2.19. The lowest BCUT2D eigenvalue weighted by molar-refractivity contribution is 0.0947. The topological polar surface area (TPSA) is 118 Å². The first-order chi connectivity index (χ1) is 11.9. The summed E-state index contributed by atoms with van der Waals surface area (Å²) in [7, 11) is -3.66. The first kappa shape index (κ1) is 17.6. The maximum Gasteiger partial charge on any atom is 0.272 e. The molecule has 2 aromatic rings. The van der Waals surface area contributed by atoms with Gasteiger partial charge in [0.05, 0.1) is 4.90 Å². The lowest BCUT2D eigenvalue weighted by Crippen LogP contribution is -2.26. The highest BCUT2D eigenvalue weighted by Crippen LogP contribution is 2.21. The molecule has 0 aliphatic heterocycles. The second-order valence-corrected chi connectivity index (χ2v) is 7.85. The molecule has 0 unspecified atom stereocenters. The number of aromatic amines is 1. The van der Waals surface area contributed by atoms with Crippen molar-refractivity contribution in [3.63, 3.8) is 0 Å². The average molecular weight is 362 g/mol. The highest BCUT2D eigenvalue weighted by Gasteiger charge is 2.21. The highest BCUT2D eigenvalue weighted by molar-refractivity contribution is 7.89. The van der Waals surface area contributed by atoms with Crippen LogP contribution in [0.2, 0.25) is 0 Å². The number of carbonyl (C=O) groups excluding carboxylic acids is 1. The number of rotatable bonds is 6. The predicted octanol–water partition coefficient (Wildman–Crippen LogP) is 1.30. The quantitative estimate of drug-likeness (QED) is 0.671. The first-order valence-electron chi connectivity index (χ1n) is 8.41. The van der Waals surface area contributed by atoms with E-state index in [1.807, 2.05) is 0 Å². The van der Waals surface area contributed by atoms with E-state index < -0.39 is 10.0 Å². The fourth-order valence-corrected chi connectivity index (χ4v) is 3.61. The number of nitrogens with zero attached hydrogens (tertiary/aromatic N) is 1. The molecule has 0 fully saturated rings. The van der Waals surface area contributed by atoms with Gasteiger partial charge in [-0.15, -0.1) is 0 Å². The second kappa shape index (κ2) is 7.37. The number of nitrogens with two attached hydrogens (primary N) is 1. The van der Waals surface area contributed by atoms with Crippen LogP contribution in [0.5, 0.6) is 0 Å². The molecule has 0 spiro atoms. The van der Waals surface area contributed by atoms with Crippen molar-refractivity contribution < 1.29 is 13.2 Å². The number of aryl methyl sites for hydroxylation is 2. The van der Waals surface area contributed by atoms with Crippen LogP contribution in [0.3, 0.4) is 0 Å². The SMILES string of the molecule is NS(=O)(=O)c1ccc(CCCNC(=O)c2n[nH]c3c2CCCC3)cc1. The smallest absolute Gasteiger partial charge is 0.272 e. The molecule has 25 heavy (non-hydrogen) atoms. The summed E-state index contributed by atoms with van der Waals surface area (Å²) in [4.78, 5) is 12.4. The Morgan fingerprint density at radius 3 is 2.64 bits per heavy atom. The molecule has 3 rings (SSSR count). The zero-order valence-corrected chi connectivity index (χ0v) is 14.7. The minimum absolute atomic E-state index is 0.104. The van der Waals surface area contributed by atoms with E-state index in [2.05, 4.69) is 15.5 Å². The van der Waals surface area contributed by atoms with Crippen LogP contribution in [0.1, 0.15) is 46.6 Å². The van der Waals surface area contributed by atoms with Gasteiger partial charge in [-0.05, 0) is 56.2 Å². The third-order valence-electron chi connectivity index (χ3n) is 4.45. The summed E-state index contributed by atoms with van der Waals surface area (Å²) < 4.78 is 22.4. The van der Waals surface area contributed by atoms with Crippen molar-refractivity contribution in [2.75, 3.05) is 6.54 Å². The van der Waals surface area contributed by atoms with E-state index in [1.54, 1.807) is 12.1 Å². The Morgan fingerprint density at radius 2 is 1.92 bits per heavy atom. The maximum atomic E-state index is 12.3. The Labute approximate surface area is 147 Å². The number of aromatic nitrogens is 2. The molecule has 8 heteroatoms. The van der Waals surface area contributed by atoms with Crippen LogP contribution in [0, 0.1) is 0 Å². The van der Waals surface area contributed by atoms with E-state index in [-0.39, 0.29) is 10.8 Å². The number of nitrogens with one attached hydrogen (secondary N) is 2. The molecule has 1 aliphatic carbocycles. The third kappa shape index (κ3) is 4.26. The molecule has 1 aliphatic rings. The molecule has 1 amide bonds. The summed E-state index contributed by atoms with van der Waals surface area (Å²) in [6.45, 7) is 0.539. The van der Waals surface area contributed by atoms with Crippen LogP contribution in [0.4, 0.5) is 0 Å². The van der Waals surface area contributed by atoms with E-state index in [1.165, 1.54) is 12.1 Å². The second-order valence-electron chi connectivity index (χ2n) is 6.28. The fourth-order valence-electron chi connectivity index (χ4n) is 3.09. The highest BCUT2D eigenvalue weighted by atomic mass is 32.2. The lowest BCUT2D eigenvalue weighted by Gasteiger charge is -2.11. The number of hydrogen-bond donors (Lipinski definition) is 3. The lowest BCUT2D eigenvalue weighted by atomic mass is 9.96. The van der Waals surface area contributed by atoms with Crippen LogP contribution in [-0.4, -0.2) is 31.1 Å². The van der Waals surface area contributed by atoms with Gasteiger partial charge in [-0.2, -0.15) is 5.10 Å². The third-order valence-corrected chi connectivity index (χ3v) is 5.38. The Kier molecular flexibility index (Phi) is 5.19. The zero-order chi connectivity index (χ0) is 17.9. The summed E-state index contributed by atoms with van der Waals surface area (Å²) in [5.74, 6) is -0.135. The van der Waals surface area contributed by atoms with Crippen LogP contribution >= 0.6 is 0 Å². The normalized spacial score (nSPS) is 14.1. The van der Waals surface area contributed by atoms with Crippen molar-refractivity contribution in [3.05, 3.63) is 46.8 Å². The number of primary sulfonamides is 1. The maximum absolute atomic E-state index is 12.3.